The van der Waals surface area contributed by atoms with Crippen LogP contribution in [0.2, 0.25) is 0 Å². The van der Waals surface area contributed by atoms with E-state index in [-0.39, 0.29) is 11.8 Å². The van der Waals surface area contributed by atoms with Crippen LogP contribution >= 0.6 is 0 Å². The third kappa shape index (κ3) is 3.35. The van der Waals surface area contributed by atoms with E-state index < -0.39 is 0 Å². The van der Waals surface area contributed by atoms with Gasteiger partial charge in [0.1, 0.15) is 5.78 Å². The van der Waals surface area contributed by atoms with Gasteiger partial charge in [-0.1, -0.05) is 26.7 Å². The highest BCUT2D eigenvalue weighted by Crippen LogP contribution is 2.33. The highest BCUT2D eigenvalue weighted by Gasteiger charge is 2.26. The van der Waals surface area contributed by atoms with Gasteiger partial charge in [0.25, 0.3) is 0 Å². The van der Waals surface area contributed by atoms with Crippen LogP contribution in [0.3, 0.4) is 0 Å². The van der Waals surface area contributed by atoms with E-state index >= 15 is 0 Å². The van der Waals surface area contributed by atoms with Crippen molar-refractivity contribution in [2.75, 3.05) is 0 Å². The summed E-state index contributed by atoms with van der Waals surface area (Å²) >= 11 is 0. The summed E-state index contributed by atoms with van der Waals surface area (Å²) in [6, 6.07) is -0.181. The van der Waals surface area contributed by atoms with Gasteiger partial charge < -0.3 is 5.73 Å². The fourth-order valence-electron chi connectivity index (χ4n) is 1.40. The summed E-state index contributed by atoms with van der Waals surface area (Å²) in [6.07, 6.45) is 4.13. The van der Waals surface area contributed by atoms with Gasteiger partial charge in [-0.3, -0.25) is 4.79 Å². The van der Waals surface area contributed by atoms with E-state index in [4.69, 9.17) is 5.73 Å². The smallest absolute Gasteiger partial charge is 0.149 e. The van der Waals surface area contributed by atoms with Gasteiger partial charge in [0.15, 0.2) is 0 Å². The predicted molar refractivity (Wildman–Crippen MR) is 49.8 cm³/mol. The molecule has 0 saturated heterocycles. The molecule has 1 unspecified atom stereocenters. The number of ketones is 1. The summed E-state index contributed by atoms with van der Waals surface area (Å²) in [5, 5.41) is 0. The van der Waals surface area contributed by atoms with Crippen molar-refractivity contribution in [3.05, 3.63) is 0 Å². The Bertz CT molecular complexity index is 161. The molecule has 1 saturated carbocycles. The molecule has 1 atom stereocenters. The van der Waals surface area contributed by atoms with Crippen molar-refractivity contribution in [1.29, 1.82) is 0 Å². The SMILES string of the molecule is CC(C)CC(=O)C(N)CC1CC1. The summed E-state index contributed by atoms with van der Waals surface area (Å²) < 4.78 is 0. The monoisotopic (exact) mass is 169 g/mol. The maximum Gasteiger partial charge on any atom is 0.149 e. The number of hydrogen-bond donors (Lipinski definition) is 1. The Kier molecular flexibility index (Phi) is 3.27. The van der Waals surface area contributed by atoms with Crippen LogP contribution in [0.25, 0.3) is 0 Å². The molecule has 0 aliphatic heterocycles. The van der Waals surface area contributed by atoms with Gasteiger partial charge in [-0.15, -0.1) is 0 Å². The molecular weight excluding hydrogens is 150 g/mol. The van der Waals surface area contributed by atoms with Crippen molar-refractivity contribution in [2.45, 2.75) is 45.6 Å². The lowest BCUT2D eigenvalue weighted by atomic mass is 9.99. The van der Waals surface area contributed by atoms with Crippen molar-refractivity contribution in [3.63, 3.8) is 0 Å². The minimum absolute atomic E-state index is 0.181. The zero-order chi connectivity index (χ0) is 9.14. The Hall–Kier alpha value is -0.370. The third-order valence-corrected chi connectivity index (χ3v) is 2.31. The fraction of sp³-hybridized carbons (Fsp3) is 0.900. The van der Waals surface area contributed by atoms with Crippen molar-refractivity contribution in [1.82, 2.24) is 0 Å². The first-order valence-corrected chi connectivity index (χ1v) is 4.88. The fourth-order valence-corrected chi connectivity index (χ4v) is 1.40. The number of hydrogen-bond acceptors (Lipinski definition) is 2. The molecular formula is C10H19NO. The maximum absolute atomic E-state index is 11.4. The molecule has 1 aliphatic rings. The average molecular weight is 169 g/mol. The van der Waals surface area contributed by atoms with E-state index in [0.29, 0.717) is 12.3 Å². The lowest BCUT2D eigenvalue weighted by molar-refractivity contribution is -0.121. The topological polar surface area (TPSA) is 43.1 Å². The zero-order valence-electron chi connectivity index (χ0n) is 8.05. The minimum atomic E-state index is -0.181. The van der Waals surface area contributed by atoms with Gasteiger partial charge in [-0.2, -0.15) is 0 Å². The number of carbonyl (C=O) groups is 1. The van der Waals surface area contributed by atoms with Crippen LogP contribution in [0.15, 0.2) is 0 Å². The average Bonchev–Trinajstić information content (AvgIpc) is 2.70. The van der Waals surface area contributed by atoms with E-state index in [0.717, 1.165) is 12.3 Å². The van der Waals surface area contributed by atoms with Gasteiger partial charge >= 0.3 is 0 Å². The molecule has 70 valence electrons. The number of carbonyl (C=O) groups excluding carboxylic acids is 1. The van der Waals surface area contributed by atoms with Crippen LogP contribution in [0.1, 0.15) is 39.5 Å². The molecule has 0 spiro atoms. The lowest BCUT2D eigenvalue weighted by Crippen LogP contribution is -2.31. The standard InChI is InChI=1S/C10H19NO/c1-7(2)5-10(12)9(11)6-8-3-4-8/h7-9H,3-6,11H2,1-2H3. The number of Topliss-reactive ketones (excluding diaryl/α,β-unsaturated/α-hetero) is 1. The van der Waals surface area contributed by atoms with E-state index in [1.54, 1.807) is 0 Å². The first-order chi connectivity index (χ1) is 5.59. The minimum Gasteiger partial charge on any atom is -0.322 e. The molecule has 1 rings (SSSR count). The molecule has 0 bridgehead atoms. The van der Waals surface area contributed by atoms with Gasteiger partial charge in [0, 0.05) is 6.42 Å². The molecule has 0 aromatic carbocycles. The summed E-state index contributed by atoms with van der Waals surface area (Å²) in [7, 11) is 0. The lowest BCUT2D eigenvalue weighted by Gasteiger charge is -2.10. The van der Waals surface area contributed by atoms with Gasteiger partial charge in [-0.05, 0) is 18.3 Å². The highest BCUT2D eigenvalue weighted by molar-refractivity contribution is 5.83. The second-order valence-corrected chi connectivity index (χ2v) is 4.35. The Morgan fingerprint density at radius 2 is 2.08 bits per heavy atom. The Balaban J connectivity index is 2.19. The molecule has 2 nitrogen and oxygen atoms in total. The number of nitrogens with two attached hydrogens (primary N) is 1. The summed E-state index contributed by atoms with van der Waals surface area (Å²) in [5.74, 6) is 1.45. The zero-order valence-corrected chi connectivity index (χ0v) is 8.05. The van der Waals surface area contributed by atoms with Crippen molar-refractivity contribution < 1.29 is 4.79 Å². The second kappa shape index (κ2) is 4.04. The molecule has 1 aliphatic carbocycles. The van der Waals surface area contributed by atoms with Crippen LogP contribution in [0, 0.1) is 11.8 Å². The second-order valence-electron chi connectivity index (χ2n) is 4.35. The van der Waals surface area contributed by atoms with Crippen LogP contribution in [-0.4, -0.2) is 11.8 Å². The first-order valence-electron chi connectivity index (χ1n) is 4.88. The van der Waals surface area contributed by atoms with Gasteiger partial charge in [0.05, 0.1) is 6.04 Å². The van der Waals surface area contributed by atoms with Crippen LogP contribution in [0.4, 0.5) is 0 Å². The van der Waals surface area contributed by atoms with Gasteiger partial charge in [-0.25, -0.2) is 0 Å². The molecule has 0 radical (unpaired) electrons. The van der Waals surface area contributed by atoms with E-state index in [2.05, 4.69) is 13.8 Å². The van der Waals surface area contributed by atoms with E-state index in [1.807, 2.05) is 0 Å². The van der Waals surface area contributed by atoms with Crippen LogP contribution in [0.5, 0.6) is 0 Å². The Morgan fingerprint density at radius 1 is 1.50 bits per heavy atom. The molecule has 2 heteroatoms. The molecule has 2 N–H and O–H groups in total. The van der Waals surface area contributed by atoms with E-state index in [9.17, 15) is 4.79 Å². The quantitative estimate of drug-likeness (QED) is 0.681. The largest absolute Gasteiger partial charge is 0.322 e. The summed E-state index contributed by atoms with van der Waals surface area (Å²) in [6.45, 7) is 4.11. The first kappa shape index (κ1) is 9.72. The molecule has 0 aromatic heterocycles. The molecule has 1 fully saturated rings. The molecule has 0 heterocycles. The highest BCUT2D eigenvalue weighted by atomic mass is 16.1. The third-order valence-electron chi connectivity index (χ3n) is 2.31. The molecule has 0 amide bonds. The van der Waals surface area contributed by atoms with Crippen LogP contribution in [-0.2, 0) is 4.79 Å². The summed E-state index contributed by atoms with van der Waals surface area (Å²) in [5.41, 5.74) is 5.76. The Labute approximate surface area is 74.5 Å². The molecule has 0 aromatic rings. The van der Waals surface area contributed by atoms with Gasteiger partial charge in [0.2, 0.25) is 0 Å². The normalized spacial score (nSPS) is 19.7. The van der Waals surface area contributed by atoms with Crippen LogP contribution < -0.4 is 5.73 Å². The van der Waals surface area contributed by atoms with Crippen molar-refractivity contribution >= 4 is 5.78 Å². The Morgan fingerprint density at radius 3 is 2.50 bits per heavy atom. The van der Waals surface area contributed by atoms with Crippen molar-refractivity contribution in [2.24, 2.45) is 17.6 Å². The summed E-state index contributed by atoms with van der Waals surface area (Å²) in [4.78, 5) is 11.4. The van der Waals surface area contributed by atoms with E-state index in [1.165, 1.54) is 12.8 Å². The maximum atomic E-state index is 11.4. The predicted octanol–water partition coefficient (Wildman–Crippen LogP) is 1.73. The van der Waals surface area contributed by atoms with Crippen molar-refractivity contribution in [3.8, 4) is 0 Å². The molecule has 12 heavy (non-hydrogen) atoms. The number of rotatable bonds is 5.